The minimum atomic E-state index is -0.400. The lowest BCUT2D eigenvalue weighted by Gasteiger charge is -2.38. The van der Waals surface area contributed by atoms with Gasteiger partial charge in [0.2, 0.25) is 0 Å². The van der Waals surface area contributed by atoms with Crippen molar-refractivity contribution in [2.75, 3.05) is 19.8 Å². The zero-order valence-corrected chi connectivity index (χ0v) is 10.0. The van der Waals surface area contributed by atoms with Crippen LogP contribution in [0.1, 0.15) is 33.1 Å². The topological polar surface area (TPSA) is 44.8 Å². The highest BCUT2D eigenvalue weighted by Gasteiger charge is 2.45. The Bertz CT molecular complexity index is 258. The fourth-order valence-corrected chi connectivity index (χ4v) is 2.75. The summed E-state index contributed by atoms with van der Waals surface area (Å²) in [6.45, 7) is 5.73. The Morgan fingerprint density at radius 1 is 1.44 bits per heavy atom. The van der Waals surface area contributed by atoms with E-state index in [1.165, 1.54) is 0 Å². The van der Waals surface area contributed by atoms with Crippen LogP contribution in [-0.2, 0) is 19.0 Å². The van der Waals surface area contributed by atoms with Gasteiger partial charge in [-0.15, -0.1) is 0 Å². The van der Waals surface area contributed by atoms with E-state index in [4.69, 9.17) is 14.2 Å². The molecule has 2 fully saturated rings. The van der Waals surface area contributed by atoms with Crippen LogP contribution in [0.2, 0.25) is 0 Å². The van der Waals surface area contributed by atoms with E-state index in [9.17, 15) is 4.79 Å². The lowest BCUT2D eigenvalue weighted by molar-refractivity contribution is -0.198. The molecule has 2 rings (SSSR count). The van der Waals surface area contributed by atoms with Crippen LogP contribution >= 0.6 is 0 Å². The Morgan fingerprint density at radius 3 is 2.69 bits per heavy atom. The van der Waals surface area contributed by atoms with Crippen molar-refractivity contribution in [2.45, 2.75) is 38.9 Å². The normalized spacial score (nSPS) is 32.9. The lowest BCUT2D eigenvalue weighted by Crippen LogP contribution is -2.42. The number of hydrogen-bond acceptors (Lipinski definition) is 4. The standard InChI is InChI=1S/C12H20O4/c1-3-14-11(13)10-4-5-12(8-9(10)2)15-6-7-16-12/h9-10H,3-8H2,1-2H3/t9-,10+/m1/s1. The van der Waals surface area contributed by atoms with Crippen molar-refractivity contribution >= 4 is 5.97 Å². The Morgan fingerprint density at radius 2 is 2.12 bits per heavy atom. The zero-order chi connectivity index (χ0) is 11.6. The van der Waals surface area contributed by atoms with Crippen LogP contribution in [-0.4, -0.2) is 31.6 Å². The van der Waals surface area contributed by atoms with Gasteiger partial charge in [0.05, 0.1) is 25.7 Å². The molecule has 0 radical (unpaired) electrons. The van der Waals surface area contributed by atoms with Gasteiger partial charge in [-0.1, -0.05) is 6.92 Å². The second-order valence-electron chi connectivity index (χ2n) is 4.69. The van der Waals surface area contributed by atoms with E-state index in [-0.39, 0.29) is 17.8 Å². The van der Waals surface area contributed by atoms with Gasteiger partial charge in [-0.25, -0.2) is 0 Å². The number of esters is 1. The predicted octanol–water partition coefficient (Wildman–Crippen LogP) is 1.73. The van der Waals surface area contributed by atoms with Crippen LogP contribution in [0.25, 0.3) is 0 Å². The molecule has 0 amide bonds. The number of ether oxygens (including phenoxy) is 3. The van der Waals surface area contributed by atoms with Gasteiger partial charge in [-0.2, -0.15) is 0 Å². The quantitative estimate of drug-likeness (QED) is 0.675. The van der Waals surface area contributed by atoms with Crippen LogP contribution < -0.4 is 0 Å². The third-order valence-corrected chi connectivity index (χ3v) is 3.56. The molecule has 1 aliphatic carbocycles. The van der Waals surface area contributed by atoms with E-state index >= 15 is 0 Å². The maximum atomic E-state index is 11.7. The van der Waals surface area contributed by atoms with Gasteiger partial charge in [-0.05, 0) is 19.3 Å². The Labute approximate surface area is 96.2 Å². The summed E-state index contributed by atoms with van der Waals surface area (Å²) < 4.78 is 16.4. The first-order chi connectivity index (χ1) is 7.67. The van der Waals surface area contributed by atoms with Gasteiger partial charge < -0.3 is 14.2 Å². The molecular weight excluding hydrogens is 208 g/mol. The van der Waals surface area contributed by atoms with Gasteiger partial charge in [0.25, 0.3) is 0 Å². The van der Waals surface area contributed by atoms with E-state index in [1.54, 1.807) is 0 Å². The summed E-state index contributed by atoms with van der Waals surface area (Å²) in [5, 5.41) is 0. The minimum Gasteiger partial charge on any atom is -0.466 e. The van der Waals surface area contributed by atoms with Crippen molar-refractivity contribution in [1.29, 1.82) is 0 Å². The number of rotatable bonds is 2. The zero-order valence-electron chi connectivity index (χ0n) is 10.0. The fraction of sp³-hybridized carbons (Fsp3) is 0.917. The fourth-order valence-electron chi connectivity index (χ4n) is 2.75. The van der Waals surface area contributed by atoms with Crippen LogP contribution in [0.5, 0.6) is 0 Å². The summed E-state index contributed by atoms with van der Waals surface area (Å²) in [5.41, 5.74) is 0. The molecule has 0 N–H and O–H groups in total. The second-order valence-corrected chi connectivity index (χ2v) is 4.69. The summed E-state index contributed by atoms with van der Waals surface area (Å²) in [5.74, 6) is -0.185. The van der Waals surface area contributed by atoms with Crippen LogP contribution in [0, 0.1) is 11.8 Å². The van der Waals surface area contributed by atoms with Gasteiger partial charge in [0.15, 0.2) is 5.79 Å². The third-order valence-electron chi connectivity index (χ3n) is 3.56. The molecule has 0 aromatic heterocycles. The monoisotopic (exact) mass is 228 g/mol. The average molecular weight is 228 g/mol. The molecule has 2 aliphatic rings. The Kier molecular flexibility index (Phi) is 3.50. The van der Waals surface area contributed by atoms with Crippen molar-refractivity contribution < 1.29 is 19.0 Å². The first-order valence-electron chi connectivity index (χ1n) is 6.11. The van der Waals surface area contributed by atoms with E-state index in [1.807, 2.05) is 6.92 Å². The van der Waals surface area contributed by atoms with Crippen LogP contribution in [0.15, 0.2) is 0 Å². The number of carbonyl (C=O) groups excluding carboxylic acids is 1. The SMILES string of the molecule is CCOC(=O)[C@H]1CCC2(C[C@H]1C)OCCO2. The molecule has 0 unspecified atom stereocenters. The summed E-state index contributed by atoms with van der Waals surface area (Å²) in [7, 11) is 0. The average Bonchev–Trinajstić information content (AvgIpc) is 2.66. The van der Waals surface area contributed by atoms with Gasteiger partial charge in [-0.3, -0.25) is 4.79 Å². The molecule has 1 aliphatic heterocycles. The maximum Gasteiger partial charge on any atom is 0.309 e. The van der Waals surface area contributed by atoms with Gasteiger partial charge >= 0.3 is 5.97 Å². The Balaban J connectivity index is 1.94. The van der Waals surface area contributed by atoms with Crippen molar-refractivity contribution in [3.63, 3.8) is 0 Å². The van der Waals surface area contributed by atoms with Gasteiger partial charge in [0.1, 0.15) is 0 Å². The summed E-state index contributed by atoms with van der Waals surface area (Å²) in [4.78, 5) is 11.7. The second kappa shape index (κ2) is 4.72. The highest BCUT2D eigenvalue weighted by Crippen LogP contribution is 2.41. The third kappa shape index (κ3) is 2.23. The lowest BCUT2D eigenvalue weighted by atomic mass is 9.77. The number of hydrogen-bond donors (Lipinski definition) is 0. The predicted molar refractivity (Wildman–Crippen MR) is 57.8 cm³/mol. The maximum absolute atomic E-state index is 11.7. The molecular formula is C12H20O4. The van der Waals surface area contributed by atoms with Crippen LogP contribution in [0.3, 0.4) is 0 Å². The molecule has 0 aromatic rings. The molecule has 1 saturated heterocycles. The molecule has 92 valence electrons. The Hall–Kier alpha value is -0.610. The molecule has 1 spiro atoms. The minimum absolute atomic E-state index is 0.0124. The van der Waals surface area contributed by atoms with Crippen molar-refractivity contribution in [2.24, 2.45) is 11.8 Å². The highest BCUT2D eigenvalue weighted by atomic mass is 16.7. The molecule has 1 heterocycles. The highest BCUT2D eigenvalue weighted by molar-refractivity contribution is 5.72. The molecule has 16 heavy (non-hydrogen) atoms. The summed E-state index contributed by atoms with van der Waals surface area (Å²) in [6, 6.07) is 0. The first kappa shape index (κ1) is 11.9. The van der Waals surface area contributed by atoms with Crippen molar-refractivity contribution in [1.82, 2.24) is 0 Å². The van der Waals surface area contributed by atoms with Crippen molar-refractivity contribution in [3.05, 3.63) is 0 Å². The van der Waals surface area contributed by atoms with Gasteiger partial charge in [0, 0.05) is 12.8 Å². The summed E-state index contributed by atoms with van der Waals surface area (Å²) >= 11 is 0. The molecule has 0 aromatic carbocycles. The molecule has 2 atom stereocenters. The van der Waals surface area contributed by atoms with Crippen molar-refractivity contribution in [3.8, 4) is 0 Å². The molecule has 1 saturated carbocycles. The number of carbonyl (C=O) groups is 1. The molecule has 4 heteroatoms. The largest absolute Gasteiger partial charge is 0.466 e. The smallest absolute Gasteiger partial charge is 0.309 e. The molecule has 0 bridgehead atoms. The first-order valence-corrected chi connectivity index (χ1v) is 6.11. The van der Waals surface area contributed by atoms with E-state index in [0.717, 1.165) is 19.3 Å². The van der Waals surface area contributed by atoms with E-state index in [2.05, 4.69) is 6.92 Å². The molecule has 4 nitrogen and oxygen atoms in total. The van der Waals surface area contributed by atoms with Crippen LogP contribution in [0.4, 0.5) is 0 Å². The summed E-state index contributed by atoms with van der Waals surface area (Å²) in [6.07, 6.45) is 2.41. The van der Waals surface area contributed by atoms with E-state index in [0.29, 0.717) is 19.8 Å². The van der Waals surface area contributed by atoms with E-state index < -0.39 is 5.79 Å².